The van der Waals surface area contributed by atoms with Crippen molar-refractivity contribution >= 4 is 17.5 Å². The van der Waals surface area contributed by atoms with Crippen LogP contribution in [0.5, 0.6) is 11.5 Å². The van der Waals surface area contributed by atoms with Crippen LogP contribution in [0.1, 0.15) is 6.42 Å². The summed E-state index contributed by atoms with van der Waals surface area (Å²) in [6.07, 6.45) is -0.797. The van der Waals surface area contributed by atoms with E-state index in [0.29, 0.717) is 24.4 Å². The average molecular weight is 384 g/mol. The van der Waals surface area contributed by atoms with Gasteiger partial charge in [0.1, 0.15) is 17.6 Å². The predicted molar refractivity (Wildman–Crippen MR) is 105 cm³/mol. The van der Waals surface area contributed by atoms with Crippen molar-refractivity contribution in [3.05, 3.63) is 54.6 Å². The summed E-state index contributed by atoms with van der Waals surface area (Å²) in [6, 6.07) is 15.9. The summed E-state index contributed by atoms with van der Waals surface area (Å²) in [4.78, 5) is 24.1. The Balaban J connectivity index is 1.49. The monoisotopic (exact) mass is 384 g/mol. The molecule has 148 valence electrons. The summed E-state index contributed by atoms with van der Waals surface area (Å²) in [5.41, 5.74) is 5.91. The van der Waals surface area contributed by atoms with Crippen molar-refractivity contribution in [2.45, 2.75) is 24.6 Å². The Hall–Kier alpha value is -2.94. The van der Waals surface area contributed by atoms with Gasteiger partial charge in [-0.3, -0.25) is 9.59 Å². The van der Waals surface area contributed by atoms with Gasteiger partial charge in [0.2, 0.25) is 11.8 Å². The molecule has 0 bridgehead atoms. The first-order chi connectivity index (χ1) is 13.5. The molecular weight excluding hydrogens is 360 g/mol. The Kier molecular flexibility index (Phi) is 6.59. The second kappa shape index (κ2) is 9.32. The largest absolute Gasteiger partial charge is 0.457 e. The Labute approximate surface area is 163 Å². The molecule has 0 spiro atoms. The van der Waals surface area contributed by atoms with E-state index in [4.69, 9.17) is 10.5 Å². The molecule has 1 saturated heterocycles. The summed E-state index contributed by atoms with van der Waals surface area (Å²) in [5, 5.41) is 18.0. The smallest absolute Gasteiger partial charge is 0.250 e. The summed E-state index contributed by atoms with van der Waals surface area (Å²) < 4.78 is 5.72. The number of anilines is 1. The molecule has 1 heterocycles. The summed E-state index contributed by atoms with van der Waals surface area (Å²) in [6.45, 7) is 0.310. The Morgan fingerprint density at radius 3 is 2.50 bits per heavy atom. The van der Waals surface area contributed by atoms with E-state index in [9.17, 15) is 14.7 Å². The predicted octanol–water partition coefficient (Wildman–Crippen LogP) is 0.584. The Morgan fingerprint density at radius 1 is 1.14 bits per heavy atom. The molecule has 28 heavy (non-hydrogen) atoms. The first kappa shape index (κ1) is 19.8. The molecule has 0 saturated carbocycles. The first-order valence-electron chi connectivity index (χ1n) is 9.11. The number of para-hydroxylation sites is 1. The van der Waals surface area contributed by atoms with Crippen molar-refractivity contribution in [1.29, 1.82) is 0 Å². The van der Waals surface area contributed by atoms with Crippen LogP contribution in [0.3, 0.4) is 0 Å². The Bertz CT molecular complexity index is 798. The van der Waals surface area contributed by atoms with Crippen molar-refractivity contribution in [3.8, 4) is 11.5 Å². The minimum Gasteiger partial charge on any atom is -0.457 e. The highest BCUT2D eigenvalue weighted by molar-refractivity contribution is 5.95. The molecule has 8 heteroatoms. The Morgan fingerprint density at radius 2 is 1.82 bits per heavy atom. The normalized spacial score (nSPS) is 19.6. The zero-order chi connectivity index (χ0) is 19.9. The average Bonchev–Trinajstić information content (AvgIpc) is 3.18. The molecule has 0 aliphatic carbocycles. The fourth-order valence-corrected chi connectivity index (χ4v) is 2.91. The van der Waals surface area contributed by atoms with Crippen molar-refractivity contribution in [2.75, 3.05) is 18.4 Å². The topological polar surface area (TPSA) is 126 Å². The third-order valence-corrected chi connectivity index (χ3v) is 4.42. The van der Waals surface area contributed by atoms with Gasteiger partial charge in [0.15, 0.2) is 0 Å². The van der Waals surface area contributed by atoms with Crippen LogP contribution in [-0.2, 0) is 9.59 Å². The van der Waals surface area contributed by atoms with Gasteiger partial charge in [0.25, 0.3) is 0 Å². The molecule has 1 aliphatic heterocycles. The van der Waals surface area contributed by atoms with Gasteiger partial charge in [-0.2, -0.15) is 0 Å². The van der Waals surface area contributed by atoms with E-state index < -0.39 is 18.1 Å². The number of rotatable bonds is 7. The van der Waals surface area contributed by atoms with Crippen LogP contribution in [0.25, 0.3) is 0 Å². The number of hydrogen-bond acceptors (Lipinski definition) is 6. The third kappa shape index (κ3) is 5.29. The zero-order valence-corrected chi connectivity index (χ0v) is 15.3. The molecule has 3 rings (SSSR count). The highest BCUT2D eigenvalue weighted by atomic mass is 16.5. The number of aliphatic hydroxyl groups is 1. The van der Waals surface area contributed by atoms with Crippen molar-refractivity contribution in [1.82, 2.24) is 10.6 Å². The van der Waals surface area contributed by atoms with Gasteiger partial charge >= 0.3 is 0 Å². The molecule has 0 radical (unpaired) electrons. The quantitative estimate of drug-likeness (QED) is 0.476. The second-order valence-electron chi connectivity index (χ2n) is 6.58. The van der Waals surface area contributed by atoms with Crippen molar-refractivity contribution in [3.63, 3.8) is 0 Å². The lowest BCUT2D eigenvalue weighted by Crippen LogP contribution is -2.45. The van der Waals surface area contributed by atoms with Gasteiger partial charge in [0, 0.05) is 24.8 Å². The minimum atomic E-state index is -1.23. The second-order valence-corrected chi connectivity index (χ2v) is 6.58. The molecule has 2 aromatic carbocycles. The van der Waals surface area contributed by atoms with Crippen molar-refractivity contribution < 1.29 is 19.4 Å². The van der Waals surface area contributed by atoms with E-state index in [1.165, 1.54) is 0 Å². The summed E-state index contributed by atoms with van der Waals surface area (Å²) in [7, 11) is 0. The van der Waals surface area contributed by atoms with Gasteiger partial charge in [-0.25, -0.2) is 0 Å². The molecule has 1 aliphatic rings. The van der Waals surface area contributed by atoms with Gasteiger partial charge in [-0.1, -0.05) is 18.2 Å². The maximum Gasteiger partial charge on any atom is 0.250 e. The first-order valence-corrected chi connectivity index (χ1v) is 9.11. The van der Waals surface area contributed by atoms with E-state index in [2.05, 4.69) is 16.0 Å². The van der Waals surface area contributed by atoms with E-state index >= 15 is 0 Å². The van der Waals surface area contributed by atoms with Crippen LogP contribution in [-0.4, -0.2) is 48.2 Å². The molecule has 8 nitrogen and oxygen atoms in total. The molecule has 6 N–H and O–H groups in total. The van der Waals surface area contributed by atoms with E-state index in [1.807, 2.05) is 30.3 Å². The van der Waals surface area contributed by atoms with Gasteiger partial charge in [0.05, 0.1) is 6.04 Å². The number of benzene rings is 2. The highest BCUT2D eigenvalue weighted by Crippen LogP contribution is 2.23. The van der Waals surface area contributed by atoms with E-state index in [1.54, 1.807) is 24.3 Å². The number of nitrogens with one attached hydrogen (secondary N) is 3. The van der Waals surface area contributed by atoms with Crippen LogP contribution in [0, 0.1) is 0 Å². The van der Waals surface area contributed by atoms with Crippen LogP contribution in [0.4, 0.5) is 5.69 Å². The number of nitrogens with two attached hydrogens (primary N) is 1. The lowest BCUT2D eigenvalue weighted by atomic mass is 10.1. The number of carbonyl (C=O) groups excluding carboxylic acids is 2. The van der Waals surface area contributed by atoms with Crippen LogP contribution in [0.15, 0.2) is 54.6 Å². The summed E-state index contributed by atoms with van der Waals surface area (Å²) in [5.74, 6) is 0.698. The standard InChI is InChI=1S/C20H24N4O4/c21-11-18(25)20(27)24-14-10-17(22-12-14)19(26)23-13-6-8-16(9-7-13)28-15-4-2-1-3-5-15/h1-9,14,17-18,22,25H,10-12,21H2,(H,23,26)(H,24,27). The SMILES string of the molecule is NCC(O)C(=O)NC1CNC(C(=O)Nc2ccc(Oc3ccccc3)cc2)C1. The van der Waals surface area contributed by atoms with Gasteiger partial charge < -0.3 is 31.5 Å². The number of ether oxygens (including phenoxy) is 1. The molecule has 2 amide bonds. The third-order valence-electron chi connectivity index (χ3n) is 4.42. The van der Waals surface area contributed by atoms with E-state index in [-0.39, 0.29) is 18.5 Å². The van der Waals surface area contributed by atoms with Gasteiger partial charge in [-0.15, -0.1) is 0 Å². The molecule has 3 unspecified atom stereocenters. The fraction of sp³-hybridized carbons (Fsp3) is 0.300. The summed E-state index contributed by atoms with van der Waals surface area (Å²) >= 11 is 0. The fourth-order valence-electron chi connectivity index (χ4n) is 2.91. The number of hydrogen-bond donors (Lipinski definition) is 5. The molecule has 2 aromatic rings. The number of amides is 2. The van der Waals surface area contributed by atoms with Crippen LogP contribution >= 0.6 is 0 Å². The zero-order valence-electron chi connectivity index (χ0n) is 15.3. The maximum atomic E-state index is 12.4. The van der Waals surface area contributed by atoms with Gasteiger partial charge in [-0.05, 0) is 42.8 Å². The maximum absolute atomic E-state index is 12.4. The number of aliphatic hydroxyl groups excluding tert-OH is 1. The molecule has 1 fully saturated rings. The lowest BCUT2D eigenvalue weighted by Gasteiger charge is -2.15. The molecule has 3 atom stereocenters. The highest BCUT2D eigenvalue weighted by Gasteiger charge is 2.31. The number of carbonyl (C=O) groups is 2. The van der Waals surface area contributed by atoms with E-state index in [0.717, 1.165) is 5.75 Å². The van der Waals surface area contributed by atoms with Crippen LogP contribution in [0.2, 0.25) is 0 Å². The lowest BCUT2D eigenvalue weighted by molar-refractivity contribution is -0.129. The molecular formula is C20H24N4O4. The van der Waals surface area contributed by atoms with Crippen LogP contribution < -0.4 is 26.4 Å². The minimum absolute atomic E-state index is 0.139. The van der Waals surface area contributed by atoms with Crippen molar-refractivity contribution in [2.24, 2.45) is 5.73 Å². The molecule has 0 aromatic heterocycles.